The molecule has 1 aliphatic rings. The second-order valence-electron chi connectivity index (χ2n) is 7.80. The van der Waals surface area contributed by atoms with E-state index < -0.39 is 29.4 Å². The number of likely N-dealkylation sites (tertiary alicyclic amines) is 1. The minimum Gasteiger partial charge on any atom is -0.481 e. The van der Waals surface area contributed by atoms with E-state index in [2.05, 4.69) is 24.8 Å². The number of nitrogens with zero attached hydrogens (tertiary/aromatic N) is 5. The molecule has 0 bridgehead atoms. The molecule has 1 aliphatic heterocycles. The predicted molar refractivity (Wildman–Crippen MR) is 110 cm³/mol. The van der Waals surface area contributed by atoms with Crippen LogP contribution in [0.2, 0.25) is 0 Å². The fourth-order valence-corrected chi connectivity index (χ4v) is 3.67. The average Bonchev–Trinajstić information content (AvgIpc) is 3.44. The second kappa shape index (κ2) is 8.37. The maximum absolute atomic E-state index is 13.6. The number of pyridine rings is 1. The topological polar surface area (TPSA) is 118 Å². The summed E-state index contributed by atoms with van der Waals surface area (Å²) < 4.78 is 50.4. The standard InChI is InChI=1S/C22H16F3N5O4/c23-22(24,25)18-16(17(28-33-18)15-3-1-2-8-26-15)20-27-19(29-34-20)13-6-4-12(5-7-13)9-30-10-14(11-30)21(31)32/h1-8,14H,9-11H2,(H,31,32). The van der Waals surface area contributed by atoms with Crippen molar-refractivity contribution in [3.05, 3.63) is 60.0 Å². The molecule has 0 aliphatic carbocycles. The Hall–Kier alpha value is -4.06. The van der Waals surface area contributed by atoms with E-state index in [9.17, 15) is 18.0 Å². The van der Waals surface area contributed by atoms with Gasteiger partial charge in [0.15, 0.2) is 0 Å². The molecule has 3 aromatic heterocycles. The van der Waals surface area contributed by atoms with E-state index in [1.165, 1.54) is 12.3 Å². The third kappa shape index (κ3) is 4.15. The van der Waals surface area contributed by atoms with E-state index in [1.54, 1.807) is 24.3 Å². The van der Waals surface area contributed by atoms with E-state index >= 15 is 0 Å². The van der Waals surface area contributed by atoms with E-state index in [-0.39, 0.29) is 23.1 Å². The van der Waals surface area contributed by atoms with Crippen LogP contribution in [0, 0.1) is 5.92 Å². The number of hydrogen-bond acceptors (Lipinski definition) is 8. The Morgan fingerprint density at radius 3 is 2.50 bits per heavy atom. The molecule has 0 radical (unpaired) electrons. The minimum absolute atomic E-state index is 0.0951. The van der Waals surface area contributed by atoms with Gasteiger partial charge in [-0.2, -0.15) is 18.2 Å². The van der Waals surface area contributed by atoms with Crippen molar-refractivity contribution in [2.24, 2.45) is 5.92 Å². The van der Waals surface area contributed by atoms with Gasteiger partial charge in [-0.1, -0.05) is 40.6 Å². The van der Waals surface area contributed by atoms with Crippen LogP contribution in [-0.2, 0) is 17.5 Å². The number of hydrogen-bond donors (Lipinski definition) is 1. The fraction of sp³-hybridized carbons (Fsp3) is 0.227. The molecule has 5 rings (SSSR count). The first kappa shape index (κ1) is 21.8. The summed E-state index contributed by atoms with van der Waals surface area (Å²) >= 11 is 0. The van der Waals surface area contributed by atoms with Gasteiger partial charge in [0.25, 0.3) is 11.7 Å². The zero-order chi connectivity index (χ0) is 23.9. The highest BCUT2D eigenvalue weighted by Crippen LogP contribution is 2.42. The Balaban J connectivity index is 1.40. The smallest absolute Gasteiger partial charge is 0.453 e. The van der Waals surface area contributed by atoms with Crippen LogP contribution in [0.3, 0.4) is 0 Å². The Bertz CT molecular complexity index is 1310. The molecule has 0 spiro atoms. The third-order valence-corrected chi connectivity index (χ3v) is 5.42. The first-order valence-corrected chi connectivity index (χ1v) is 10.2. The fourth-order valence-electron chi connectivity index (χ4n) is 3.67. The van der Waals surface area contributed by atoms with Crippen molar-refractivity contribution in [1.29, 1.82) is 0 Å². The highest BCUT2D eigenvalue weighted by Gasteiger charge is 2.43. The molecule has 1 N–H and O–H groups in total. The lowest BCUT2D eigenvalue weighted by molar-refractivity contribution is -0.155. The van der Waals surface area contributed by atoms with Gasteiger partial charge in [0.05, 0.1) is 11.6 Å². The van der Waals surface area contributed by atoms with E-state index in [0.717, 1.165) is 5.56 Å². The molecule has 12 heteroatoms. The lowest BCUT2D eigenvalue weighted by Crippen LogP contribution is -2.49. The number of benzene rings is 1. The van der Waals surface area contributed by atoms with E-state index in [1.807, 2.05) is 17.0 Å². The van der Waals surface area contributed by atoms with Crippen molar-refractivity contribution in [2.75, 3.05) is 13.1 Å². The summed E-state index contributed by atoms with van der Waals surface area (Å²) in [4.78, 5) is 21.1. The van der Waals surface area contributed by atoms with Gasteiger partial charge >= 0.3 is 12.1 Å². The first-order chi connectivity index (χ1) is 16.3. The molecule has 1 saturated heterocycles. The lowest BCUT2D eigenvalue weighted by Gasteiger charge is -2.36. The molecule has 9 nitrogen and oxygen atoms in total. The molecule has 4 heterocycles. The van der Waals surface area contributed by atoms with Crippen molar-refractivity contribution in [1.82, 2.24) is 25.2 Å². The van der Waals surface area contributed by atoms with Crippen LogP contribution in [0.5, 0.6) is 0 Å². The van der Waals surface area contributed by atoms with Crippen LogP contribution < -0.4 is 0 Å². The molecule has 1 fully saturated rings. The number of aliphatic carboxylic acids is 1. The van der Waals surface area contributed by atoms with Gasteiger partial charge in [0.2, 0.25) is 5.82 Å². The molecule has 0 amide bonds. The molecule has 0 unspecified atom stereocenters. The van der Waals surface area contributed by atoms with Crippen molar-refractivity contribution in [2.45, 2.75) is 12.7 Å². The van der Waals surface area contributed by atoms with Gasteiger partial charge in [-0.25, -0.2) is 0 Å². The van der Waals surface area contributed by atoms with Crippen molar-refractivity contribution in [3.63, 3.8) is 0 Å². The Morgan fingerprint density at radius 1 is 1.09 bits per heavy atom. The minimum atomic E-state index is -4.83. The summed E-state index contributed by atoms with van der Waals surface area (Å²) in [6, 6.07) is 11.8. The monoisotopic (exact) mass is 471 g/mol. The van der Waals surface area contributed by atoms with Crippen LogP contribution in [0.15, 0.2) is 57.7 Å². The summed E-state index contributed by atoms with van der Waals surface area (Å²) in [5, 5.41) is 16.4. The molecule has 0 saturated carbocycles. The zero-order valence-electron chi connectivity index (χ0n) is 17.4. The highest BCUT2D eigenvalue weighted by molar-refractivity contribution is 5.77. The summed E-state index contributed by atoms with van der Waals surface area (Å²) in [5.41, 5.74) is 1.01. The highest BCUT2D eigenvalue weighted by atomic mass is 19.4. The summed E-state index contributed by atoms with van der Waals surface area (Å²) in [6.07, 6.45) is -3.41. The maximum atomic E-state index is 13.6. The van der Waals surface area contributed by atoms with Crippen molar-refractivity contribution >= 4 is 5.97 Å². The van der Waals surface area contributed by atoms with Gasteiger partial charge in [-0.15, -0.1) is 0 Å². The second-order valence-corrected chi connectivity index (χ2v) is 7.80. The molecule has 34 heavy (non-hydrogen) atoms. The predicted octanol–water partition coefficient (Wildman–Crippen LogP) is 3.99. The SMILES string of the molecule is O=C(O)C1CN(Cc2ccc(-c3noc(-c4c(-c5ccccn5)noc4C(F)(F)F)n3)cc2)C1. The molecular weight excluding hydrogens is 455 g/mol. The van der Waals surface area contributed by atoms with Crippen molar-refractivity contribution in [3.8, 4) is 34.2 Å². The number of carbonyl (C=O) groups is 1. The molecule has 4 aromatic rings. The molecular formula is C22H16F3N5O4. The van der Waals surface area contributed by atoms with Crippen LogP contribution in [-0.4, -0.2) is 49.3 Å². The quantitative estimate of drug-likeness (QED) is 0.445. The largest absolute Gasteiger partial charge is 0.481 e. The van der Waals surface area contributed by atoms with E-state index in [4.69, 9.17) is 9.63 Å². The normalized spacial score (nSPS) is 14.8. The van der Waals surface area contributed by atoms with Gasteiger partial charge in [0.1, 0.15) is 11.3 Å². The zero-order valence-corrected chi connectivity index (χ0v) is 17.4. The summed E-state index contributed by atoms with van der Waals surface area (Å²) in [5.74, 6) is -2.79. The molecule has 0 atom stereocenters. The summed E-state index contributed by atoms with van der Waals surface area (Å²) in [6.45, 7) is 1.57. The van der Waals surface area contributed by atoms with Gasteiger partial charge < -0.3 is 14.2 Å². The number of rotatable bonds is 6. The van der Waals surface area contributed by atoms with Crippen LogP contribution in [0.1, 0.15) is 11.3 Å². The first-order valence-electron chi connectivity index (χ1n) is 10.2. The number of carboxylic acids is 1. The number of carboxylic acid groups (broad SMARTS) is 1. The summed E-state index contributed by atoms with van der Waals surface area (Å²) in [7, 11) is 0. The van der Waals surface area contributed by atoms with Crippen molar-refractivity contribution < 1.29 is 32.1 Å². The Morgan fingerprint density at radius 2 is 1.85 bits per heavy atom. The Labute approximate surface area is 189 Å². The number of alkyl halides is 3. The third-order valence-electron chi connectivity index (χ3n) is 5.42. The Kier molecular flexibility index (Phi) is 5.36. The van der Waals surface area contributed by atoms with Gasteiger partial charge in [-0.05, 0) is 17.7 Å². The number of halogens is 3. The van der Waals surface area contributed by atoms with Gasteiger partial charge in [0, 0.05) is 31.4 Å². The number of aromatic nitrogens is 4. The average molecular weight is 471 g/mol. The molecule has 1 aromatic carbocycles. The maximum Gasteiger partial charge on any atom is 0.453 e. The van der Waals surface area contributed by atoms with Crippen LogP contribution >= 0.6 is 0 Å². The lowest BCUT2D eigenvalue weighted by atomic mass is 9.99. The van der Waals surface area contributed by atoms with Gasteiger partial charge in [-0.3, -0.25) is 14.7 Å². The van der Waals surface area contributed by atoms with E-state index in [0.29, 0.717) is 25.2 Å². The van der Waals surface area contributed by atoms with Crippen LogP contribution in [0.4, 0.5) is 13.2 Å². The van der Waals surface area contributed by atoms with Crippen LogP contribution in [0.25, 0.3) is 34.2 Å². The molecule has 174 valence electrons.